The first kappa shape index (κ1) is 11.9. The van der Waals surface area contributed by atoms with Gasteiger partial charge in [-0.2, -0.15) is 0 Å². The summed E-state index contributed by atoms with van der Waals surface area (Å²) in [6.45, 7) is 2.21. The van der Waals surface area contributed by atoms with Gasteiger partial charge in [0, 0.05) is 11.8 Å². The van der Waals surface area contributed by atoms with Gasteiger partial charge in [0.25, 0.3) is 0 Å². The molecule has 0 amide bonds. The molecule has 0 saturated heterocycles. The minimum absolute atomic E-state index is 0.578. The first-order valence-corrected chi connectivity index (χ1v) is 6.87. The van der Waals surface area contributed by atoms with E-state index < -0.39 is 0 Å². The zero-order chi connectivity index (χ0) is 11.4. The van der Waals surface area contributed by atoms with Crippen LogP contribution in [0.15, 0.2) is 5.16 Å². The number of nitrogens with one attached hydrogen (secondary N) is 1. The fourth-order valence-corrected chi connectivity index (χ4v) is 2.43. The highest BCUT2D eigenvalue weighted by molar-refractivity contribution is 7.99. The minimum Gasteiger partial charge on any atom is -0.317 e. The lowest BCUT2D eigenvalue weighted by Gasteiger charge is -2.08. The van der Waals surface area contributed by atoms with E-state index in [0.717, 1.165) is 10.9 Å². The molecule has 1 fully saturated rings. The van der Waals surface area contributed by atoms with E-state index in [1.165, 1.54) is 25.7 Å². The molecule has 16 heavy (non-hydrogen) atoms. The molecule has 6 heteroatoms. The Balaban J connectivity index is 1.70. The molecule has 1 atom stereocenters. The highest BCUT2D eigenvalue weighted by atomic mass is 32.2. The summed E-state index contributed by atoms with van der Waals surface area (Å²) < 4.78 is 1.98. The molecule has 1 unspecified atom stereocenters. The van der Waals surface area contributed by atoms with Crippen molar-refractivity contribution in [3.8, 4) is 0 Å². The summed E-state index contributed by atoms with van der Waals surface area (Å²) >= 11 is 1.77. The molecule has 0 aromatic carbocycles. The van der Waals surface area contributed by atoms with Gasteiger partial charge < -0.3 is 5.32 Å². The molecule has 1 saturated carbocycles. The van der Waals surface area contributed by atoms with Gasteiger partial charge in [-0.25, -0.2) is 4.68 Å². The summed E-state index contributed by atoms with van der Waals surface area (Å²) in [7, 11) is 2.01. The first-order valence-electron chi connectivity index (χ1n) is 5.89. The lowest BCUT2D eigenvalue weighted by molar-refractivity contribution is 0.555. The number of tetrazole rings is 1. The number of hydrogen-bond acceptors (Lipinski definition) is 5. The molecule has 0 spiro atoms. The van der Waals surface area contributed by atoms with E-state index in [9.17, 15) is 0 Å². The van der Waals surface area contributed by atoms with Crippen molar-refractivity contribution in [2.45, 2.75) is 49.8 Å². The predicted octanol–water partition coefficient (Wildman–Crippen LogP) is 1.49. The molecule has 1 aromatic rings. The molecule has 1 aromatic heterocycles. The number of rotatable bonds is 7. The lowest BCUT2D eigenvalue weighted by Crippen LogP contribution is -2.20. The normalized spacial score (nSPS) is 17.6. The van der Waals surface area contributed by atoms with Crippen LogP contribution in [0.3, 0.4) is 0 Å². The molecule has 0 radical (unpaired) electrons. The maximum atomic E-state index is 4.06. The summed E-state index contributed by atoms with van der Waals surface area (Å²) in [5.74, 6) is 1.10. The van der Waals surface area contributed by atoms with Crippen LogP contribution < -0.4 is 5.32 Å². The summed E-state index contributed by atoms with van der Waals surface area (Å²) in [5.41, 5.74) is 0. The maximum absolute atomic E-state index is 4.06. The van der Waals surface area contributed by atoms with Crippen LogP contribution >= 0.6 is 11.8 Å². The monoisotopic (exact) mass is 241 g/mol. The summed E-state index contributed by atoms with van der Waals surface area (Å²) in [5, 5.41) is 16.1. The van der Waals surface area contributed by atoms with E-state index in [2.05, 4.69) is 27.8 Å². The van der Waals surface area contributed by atoms with E-state index in [-0.39, 0.29) is 0 Å². The van der Waals surface area contributed by atoms with Gasteiger partial charge in [0.2, 0.25) is 5.16 Å². The number of thioether (sulfide) groups is 1. The summed E-state index contributed by atoms with van der Waals surface area (Å²) in [6.07, 6.45) is 4.86. The quantitative estimate of drug-likeness (QED) is 0.579. The van der Waals surface area contributed by atoms with Crippen LogP contribution in [0.5, 0.6) is 0 Å². The van der Waals surface area contributed by atoms with Crippen molar-refractivity contribution in [1.29, 1.82) is 0 Å². The highest BCUT2D eigenvalue weighted by Gasteiger charge is 2.27. The third kappa shape index (κ3) is 3.18. The average molecular weight is 241 g/mol. The predicted molar refractivity (Wildman–Crippen MR) is 64.6 cm³/mol. The molecule has 0 aliphatic heterocycles. The second-order valence-corrected chi connectivity index (χ2v) is 5.38. The van der Waals surface area contributed by atoms with E-state index in [4.69, 9.17) is 0 Å². The van der Waals surface area contributed by atoms with Gasteiger partial charge >= 0.3 is 0 Å². The summed E-state index contributed by atoms with van der Waals surface area (Å²) in [4.78, 5) is 0. The largest absolute Gasteiger partial charge is 0.317 e. The molecular weight excluding hydrogens is 222 g/mol. The average Bonchev–Trinajstić information content (AvgIpc) is 3.04. The number of hydrogen-bond donors (Lipinski definition) is 1. The smallest absolute Gasteiger partial charge is 0.209 e. The van der Waals surface area contributed by atoms with Crippen LogP contribution in [0.1, 0.15) is 38.6 Å². The second kappa shape index (κ2) is 5.63. The zero-order valence-corrected chi connectivity index (χ0v) is 10.7. The standard InChI is InChI=1S/C10H19N5S/c1-8(11-2)4-3-7-16-10-12-13-14-15(10)9-5-6-9/h8-9,11H,3-7H2,1-2H3. The maximum Gasteiger partial charge on any atom is 0.209 e. The Bertz CT molecular complexity index is 323. The van der Waals surface area contributed by atoms with Gasteiger partial charge in [-0.15, -0.1) is 5.10 Å². The van der Waals surface area contributed by atoms with E-state index in [0.29, 0.717) is 12.1 Å². The van der Waals surface area contributed by atoms with E-state index in [1.54, 1.807) is 11.8 Å². The molecule has 0 bridgehead atoms. The van der Waals surface area contributed by atoms with Gasteiger partial charge in [0.05, 0.1) is 6.04 Å². The van der Waals surface area contributed by atoms with Gasteiger partial charge in [-0.1, -0.05) is 11.8 Å². The molecule has 2 rings (SSSR count). The number of aromatic nitrogens is 4. The Hall–Kier alpha value is -0.620. The molecule has 5 nitrogen and oxygen atoms in total. The Kier molecular flexibility index (Phi) is 4.17. The van der Waals surface area contributed by atoms with E-state index >= 15 is 0 Å². The molecule has 1 heterocycles. The van der Waals surface area contributed by atoms with Crippen LogP contribution in [-0.4, -0.2) is 39.0 Å². The van der Waals surface area contributed by atoms with Gasteiger partial charge in [-0.3, -0.25) is 0 Å². The second-order valence-electron chi connectivity index (χ2n) is 4.32. The lowest BCUT2D eigenvalue weighted by atomic mass is 10.2. The Labute approximate surface area is 100 Å². The third-order valence-electron chi connectivity index (χ3n) is 2.86. The Morgan fingerprint density at radius 3 is 3.06 bits per heavy atom. The van der Waals surface area contributed by atoms with Crippen molar-refractivity contribution in [2.75, 3.05) is 12.8 Å². The fraction of sp³-hybridized carbons (Fsp3) is 0.900. The molecule has 90 valence electrons. The molecular formula is C10H19N5S. The molecule has 1 aliphatic carbocycles. The SMILES string of the molecule is CNC(C)CCCSc1nnnn1C1CC1. The van der Waals surface area contributed by atoms with Crippen LogP contribution in [0, 0.1) is 0 Å². The minimum atomic E-state index is 0.578. The van der Waals surface area contributed by atoms with E-state index in [1.807, 2.05) is 11.7 Å². The highest BCUT2D eigenvalue weighted by Crippen LogP contribution is 2.36. The van der Waals surface area contributed by atoms with Crippen molar-refractivity contribution < 1.29 is 0 Å². The fourth-order valence-electron chi connectivity index (χ4n) is 1.53. The van der Waals surface area contributed by atoms with Crippen molar-refractivity contribution in [1.82, 2.24) is 25.5 Å². The van der Waals surface area contributed by atoms with Gasteiger partial charge in [0.1, 0.15) is 0 Å². The van der Waals surface area contributed by atoms with Gasteiger partial charge in [-0.05, 0) is 50.1 Å². The van der Waals surface area contributed by atoms with Crippen molar-refractivity contribution in [3.05, 3.63) is 0 Å². The third-order valence-corrected chi connectivity index (χ3v) is 3.88. The van der Waals surface area contributed by atoms with Crippen LogP contribution in [0.25, 0.3) is 0 Å². The Morgan fingerprint density at radius 1 is 1.56 bits per heavy atom. The topological polar surface area (TPSA) is 55.6 Å². The van der Waals surface area contributed by atoms with Crippen LogP contribution in [0.4, 0.5) is 0 Å². The molecule has 1 aliphatic rings. The first-order chi connectivity index (χ1) is 7.81. The molecule has 1 N–H and O–H groups in total. The van der Waals surface area contributed by atoms with Crippen molar-refractivity contribution in [3.63, 3.8) is 0 Å². The Morgan fingerprint density at radius 2 is 2.38 bits per heavy atom. The van der Waals surface area contributed by atoms with Gasteiger partial charge in [0.15, 0.2) is 0 Å². The summed E-state index contributed by atoms with van der Waals surface area (Å²) in [6, 6.07) is 1.17. The van der Waals surface area contributed by atoms with Crippen molar-refractivity contribution >= 4 is 11.8 Å². The van der Waals surface area contributed by atoms with Crippen molar-refractivity contribution in [2.24, 2.45) is 0 Å². The number of nitrogens with zero attached hydrogens (tertiary/aromatic N) is 4. The van der Waals surface area contributed by atoms with Crippen LogP contribution in [-0.2, 0) is 0 Å². The zero-order valence-electron chi connectivity index (χ0n) is 9.89. The van der Waals surface area contributed by atoms with Crippen LogP contribution in [0.2, 0.25) is 0 Å².